The monoisotopic (exact) mass is 396 g/mol. The number of sulfone groups is 1. The van der Waals surface area contributed by atoms with Gasteiger partial charge in [-0.05, 0) is 30.4 Å². The smallest absolute Gasteiger partial charge is 0.148 e. The van der Waals surface area contributed by atoms with E-state index in [1.807, 2.05) is 18.4 Å². The van der Waals surface area contributed by atoms with Crippen molar-refractivity contribution in [2.45, 2.75) is 25.9 Å². The minimum atomic E-state index is -3.09. The first-order chi connectivity index (χ1) is 11.8. The van der Waals surface area contributed by atoms with E-state index < -0.39 is 15.9 Å². The van der Waals surface area contributed by atoms with E-state index in [2.05, 4.69) is 21.6 Å². The van der Waals surface area contributed by atoms with E-state index in [1.54, 1.807) is 28.9 Å². The summed E-state index contributed by atoms with van der Waals surface area (Å²) < 4.78 is 23.9. The van der Waals surface area contributed by atoms with Crippen molar-refractivity contribution >= 4 is 48.4 Å². The number of rotatable bonds is 7. The fraction of sp³-hybridized carbons (Fsp3) is 0.375. The molecule has 0 fully saturated rings. The molecule has 134 valence electrons. The lowest BCUT2D eigenvalue weighted by Crippen LogP contribution is -2.31. The Morgan fingerprint density at radius 2 is 2.20 bits per heavy atom. The Labute approximate surface area is 155 Å². The molecule has 3 aromatic heterocycles. The third-order valence-corrected chi connectivity index (χ3v) is 7.05. The molecule has 25 heavy (non-hydrogen) atoms. The zero-order valence-electron chi connectivity index (χ0n) is 14.0. The molecule has 0 spiro atoms. The van der Waals surface area contributed by atoms with Gasteiger partial charge in [-0.15, -0.1) is 27.8 Å². The Morgan fingerprint density at radius 1 is 1.40 bits per heavy atom. The van der Waals surface area contributed by atoms with E-state index in [0.29, 0.717) is 6.42 Å². The number of nitrogens with two attached hydrogens (primary N) is 1. The number of fused-ring (bicyclic) bond motifs is 1. The summed E-state index contributed by atoms with van der Waals surface area (Å²) in [6.07, 6.45) is 3.46. The second kappa shape index (κ2) is 7.36. The van der Waals surface area contributed by atoms with E-state index >= 15 is 0 Å². The average molecular weight is 397 g/mol. The number of aromatic nitrogens is 2. The van der Waals surface area contributed by atoms with Gasteiger partial charge in [0.05, 0.1) is 22.3 Å². The van der Waals surface area contributed by atoms with E-state index in [1.165, 1.54) is 11.1 Å². The maximum Gasteiger partial charge on any atom is 0.148 e. The highest BCUT2D eigenvalue weighted by atomic mass is 32.2. The molecule has 3 heterocycles. The Balaban J connectivity index is 1.84. The lowest BCUT2D eigenvalue weighted by molar-refractivity contribution is 0.592. The number of thiophene rings is 2. The molecule has 6 nitrogen and oxygen atoms in total. The van der Waals surface area contributed by atoms with Crippen molar-refractivity contribution in [3.05, 3.63) is 39.0 Å². The summed E-state index contributed by atoms with van der Waals surface area (Å²) in [5, 5.41) is 13.8. The van der Waals surface area contributed by atoms with Crippen molar-refractivity contribution in [1.29, 1.82) is 0 Å². The van der Waals surface area contributed by atoms with E-state index in [0.717, 1.165) is 32.9 Å². The number of nitrogens with one attached hydrogen (secondary N) is 1. The Morgan fingerprint density at radius 3 is 2.88 bits per heavy atom. The van der Waals surface area contributed by atoms with Crippen LogP contribution < -0.4 is 11.1 Å². The van der Waals surface area contributed by atoms with Gasteiger partial charge < -0.3 is 11.1 Å². The van der Waals surface area contributed by atoms with Gasteiger partial charge in [0, 0.05) is 28.6 Å². The first kappa shape index (κ1) is 18.2. The fourth-order valence-electron chi connectivity index (χ4n) is 2.66. The zero-order valence-corrected chi connectivity index (χ0v) is 16.5. The van der Waals surface area contributed by atoms with Crippen LogP contribution in [0.5, 0.6) is 0 Å². The van der Waals surface area contributed by atoms with E-state index in [9.17, 15) is 8.42 Å². The summed E-state index contributed by atoms with van der Waals surface area (Å²) in [6.45, 7) is 2.72. The van der Waals surface area contributed by atoms with Gasteiger partial charge >= 0.3 is 0 Å². The number of hydrogen-bond acceptors (Lipinski definition) is 8. The van der Waals surface area contributed by atoms with Crippen LogP contribution in [0.25, 0.3) is 10.2 Å². The van der Waals surface area contributed by atoms with Gasteiger partial charge in [0.2, 0.25) is 0 Å². The molecular weight excluding hydrogens is 376 g/mol. The molecular formula is C16H20N4O2S3. The lowest BCUT2D eigenvalue weighted by Gasteiger charge is -2.09. The number of nitrogens with zero attached hydrogens (tertiary/aromatic N) is 2. The van der Waals surface area contributed by atoms with Crippen LogP contribution in [-0.2, 0) is 22.8 Å². The predicted molar refractivity (Wildman–Crippen MR) is 105 cm³/mol. The van der Waals surface area contributed by atoms with Crippen LogP contribution in [-0.4, -0.2) is 36.7 Å². The van der Waals surface area contributed by atoms with Crippen molar-refractivity contribution in [2.75, 3.05) is 17.3 Å². The second-order valence-corrected chi connectivity index (χ2v) is 10.4. The van der Waals surface area contributed by atoms with E-state index in [4.69, 9.17) is 5.73 Å². The molecule has 0 bridgehead atoms. The predicted octanol–water partition coefficient (Wildman–Crippen LogP) is 2.59. The summed E-state index contributed by atoms with van der Waals surface area (Å²) in [4.78, 5) is 2.31. The summed E-state index contributed by atoms with van der Waals surface area (Å²) in [7, 11) is -3.09. The number of anilines is 1. The first-order valence-electron chi connectivity index (χ1n) is 7.76. The van der Waals surface area contributed by atoms with E-state index in [-0.39, 0.29) is 5.75 Å². The molecule has 0 amide bonds. The Hall–Kier alpha value is -1.55. The zero-order chi connectivity index (χ0) is 18.0. The molecule has 0 radical (unpaired) electrons. The molecule has 0 aliphatic carbocycles. The standard InChI is InChI=1S/C16H20N4O2S3/c1-10-14(6-11(17)9-25(2,21)22)24-16-13(8-19-20-15(10)16)18-7-12-4-3-5-23-12/h3-5,8,11H,6-7,9,17H2,1-2H3,(H,18,20)/t11-/m1/s1. The van der Waals surface area contributed by atoms with Crippen LogP contribution in [0.15, 0.2) is 23.7 Å². The van der Waals surface area contributed by atoms with Gasteiger partial charge in [-0.3, -0.25) is 0 Å². The molecule has 9 heteroatoms. The second-order valence-electron chi connectivity index (χ2n) is 6.08. The minimum absolute atomic E-state index is 0.0180. The normalized spacial score (nSPS) is 13.2. The van der Waals surface area contributed by atoms with Crippen molar-refractivity contribution in [3.63, 3.8) is 0 Å². The molecule has 0 saturated carbocycles. The van der Waals surface area contributed by atoms with Crippen LogP contribution in [0, 0.1) is 6.92 Å². The number of hydrogen-bond donors (Lipinski definition) is 2. The summed E-state index contributed by atoms with van der Waals surface area (Å²) >= 11 is 3.31. The molecule has 3 N–H and O–H groups in total. The average Bonchev–Trinajstić information content (AvgIpc) is 3.13. The summed E-state index contributed by atoms with van der Waals surface area (Å²) in [6, 6.07) is 3.69. The lowest BCUT2D eigenvalue weighted by atomic mass is 10.1. The van der Waals surface area contributed by atoms with Gasteiger partial charge in [0.25, 0.3) is 0 Å². The molecule has 0 aliphatic heterocycles. The third-order valence-electron chi connectivity index (χ3n) is 3.80. The number of aryl methyl sites for hydroxylation is 1. The quantitative estimate of drug-likeness (QED) is 0.637. The Kier molecular flexibility index (Phi) is 5.38. The van der Waals surface area contributed by atoms with Crippen LogP contribution in [0.3, 0.4) is 0 Å². The largest absolute Gasteiger partial charge is 0.378 e. The summed E-state index contributed by atoms with van der Waals surface area (Å²) in [5.74, 6) is -0.0180. The highest BCUT2D eigenvalue weighted by Crippen LogP contribution is 2.34. The molecule has 0 saturated heterocycles. The molecule has 0 aliphatic rings. The Bertz CT molecular complexity index is 965. The van der Waals surface area contributed by atoms with Gasteiger partial charge in [-0.1, -0.05) is 6.07 Å². The van der Waals surface area contributed by atoms with Crippen molar-refractivity contribution < 1.29 is 8.42 Å². The highest BCUT2D eigenvalue weighted by molar-refractivity contribution is 7.90. The van der Waals surface area contributed by atoms with Gasteiger partial charge in [-0.2, -0.15) is 5.10 Å². The van der Waals surface area contributed by atoms with Crippen molar-refractivity contribution in [3.8, 4) is 0 Å². The molecule has 3 aromatic rings. The SMILES string of the molecule is Cc1c(C[C@@H](N)CS(C)(=O)=O)sc2c(NCc3cccs3)cnnc12. The van der Waals surface area contributed by atoms with Crippen LogP contribution in [0.1, 0.15) is 15.3 Å². The minimum Gasteiger partial charge on any atom is -0.378 e. The fourth-order valence-corrected chi connectivity index (χ4v) is 5.52. The van der Waals surface area contributed by atoms with Gasteiger partial charge in [-0.25, -0.2) is 8.42 Å². The molecule has 0 aromatic carbocycles. The van der Waals surface area contributed by atoms with Crippen molar-refractivity contribution in [1.82, 2.24) is 10.2 Å². The topological polar surface area (TPSA) is 98.0 Å². The third kappa shape index (κ3) is 4.55. The first-order valence-corrected chi connectivity index (χ1v) is 11.5. The molecule has 1 atom stereocenters. The maximum atomic E-state index is 11.4. The van der Waals surface area contributed by atoms with Crippen LogP contribution >= 0.6 is 22.7 Å². The van der Waals surface area contributed by atoms with Crippen molar-refractivity contribution in [2.24, 2.45) is 5.73 Å². The molecule has 3 rings (SSSR count). The van der Waals surface area contributed by atoms with Crippen LogP contribution in [0.4, 0.5) is 5.69 Å². The van der Waals surface area contributed by atoms with Gasteiger partial charge in [0.15, 0.2) is 0 Å². The summed E-state index contributed by atoms with van der Waals surface area (Å²) in [5.41, 5.74) is 8.83. The highest BCUT2D eigenvalue weighted by Gasteiger charge is 2.18. The maximum absolute atomic E-state index is 11.4. The van der Waals surface area contributed by atoms with Gasteiger partial charge in [0.1, 0.15) is 15.4 Å². The molecule has 0 unspecified atom stereocenters. The van der Waals surface area contributed by atoms with Crippen LogP contribution in [0.2, 0.25) is 0 Å².